The molecule has 0 bridgehead atoms. The zero-order chi connectivity index (χ0) is 20.1. The first-order chi connectivity index (χ1) is 14.2. The fourth-order valence-corrected chi connectivity index (χ4v) is 3.73. The monoisotopic (exact) mass is 386 g/mol. The highest BCUT2D eigenvalue weighted by Crippen LogP contribution is 2.21. The van der Waals surface area contributed by atoms with Crippen LogP contribution in [0.3, 0.4) is 0 Å². The molecular weight excluding hydrogens is 360 g/mol. The highest BCUT2D eigenvalue weighted by atomic mass is 16.5. The number of carbonyl (C=O) groups is 1. The van der Waals surface area contributed by atoms with Crippen molar-refractivity contribution in [3.63, 3.8) is 0 Å². The van der Waals surface area contributed by atoms with Crippen LogP contribution in [0.25, 0.3) is 11.1 Å². The minimum Gasteiger partial charge on any atom is -0.497 e. The quantitative estimate of drug-likeness (QED) is 0.589. The van der Waals surface area contributed by atoms with Gasteiger partial charge in [-0.1, -0.05) is 54.6 Å². The molecule has 148 valence electrons. The summed E-state index contributed by atoms with van der Waals surface area (Å²) in [6, 6.07) is 26.3. The summed E-state index contributed by atoms with van der Waals surface area (Å²) in [5.41, 5.74) is 4.28. The second-order valence-corrected chi connectivity index (χ2v) is 7.33. The molecule has 0 amide bonds. The molecule has 3 aromatic rings. The van der Waals surface area contributed by atoms with E-state index < -0.39 is 0 Å². The molecule has 0 aliphatic carbocycles. The Morgan fingerprint density at radius 1 is 0.793 bits per heavy atom. The number of methoxy groups -OCH3 is 1. The molecule has 1 aliphatic rings. The molecule has 0 spiro atoms. The number of carbonyl (C=O) groups excluding carboxylic acids is 1. The van der Waals surface area contributed by atoms with Gasteiger partial charge >= 0.3 is 0 Å². The van der Waals surface area contributed by atoms with Crippen LogP contribution in [-0.2, 0) is 0 Å². The van der Waals surface area contributed by atoms with Crippen molar-refractivity contribution in [2.24, 2.45) is 0 Å². The third-order valence-corrected chi connectivity index (χ3v) is 5.49. The van der Waals surface area contributed by atoms with Crippen LogP contribution in [0.4, 0.5) is 5.69 Å². The number of ketones is 1. The standard InChI is InChI=1S/C25H26N2O2/c1-29-24-13-11-23(12-14-24)27-17-15-26(16-18-27)19-25(28)22-9-7-21(8-10-22)20-5-3-2-4-6-20/h2-14H,15-19H2,1H3. The number of benzene rings is 3. The summed E-state index contributed by atoms with van der Waals surface area (Å²) >= 11 is 0. The predicted molar refractivity (Wildman–Crippen MR) is 118 cm³/mol. The third-order valence-electron chi connectivity index (χ3n) is 5.49. The molecule has 1 fully saturated rings. The van der Waals surface area contributed by atoms with Crippen molar-refractivity contribution in [3.8, 4) is 16.9 Å². The molecule has 0 atom stereocenters. The molecule has 0 aromatic heterocycles. The van der Waals surface area contributed by atoms with Gasteiger partial charge in [-0.3, -0.25) is 9.69 Å². The summed E-state index contributed by atoms with van der Waals surface area (Å²) in [5.74, 6) is 1.05. The van der Waals surface area contributed by atoms with Crippen molar-refractivity contribution in [3.05, 3.63) is 84.4 Å². The maximum absolute atomic E-state index is 12.7. The maximum atomic E-state index is 12.7. The number of ether oxygens (including phenoxy) is 1. The van der Waals surface area contributed by atoms with E-state index in [1.165, 1.54) is 11.3 Å². The van der Waals surface area contributed by atoms with Crippen LogP contribution in [-0.4, -0.2) is 50.5 Å². The summed E-state index contributed by atoms with van der Waals surface area (Å²) in [4.78, 5) is 17.3. The zero-order valence-electron chi connectivity index (χ0n) is 16.8. The Bertz CT molecular complexity index is 929. The molecule has 0 unspecified atom stereocenters. The first kappa shape index (κ1) is 19.2. The highest BCUT2D eigenvalue weighted by molar-refractivity contribution is 5.98. The molecular formula is C25H26N2O2. The summed E-state index contributed by atoms with van der Waals surface area (Å²) in [6.07, 6.45) is 0. The smallest absolute Gasteiger partial charge is 0.176 e. The van der Waals surface area contributed by atoms with Gasteiger partial charge in [0.1, 0.15) is 5.75 Å². The van der Waals surface area contributed by atoms with E-state index >= 15 is 0 Å². The van der Waals surface area contributed by atoms with Crippen LogP contribution in [0.5, 0.6) is 5.75 Å². The second kappa shape index (κ2) is 8.93. The lowest BCUT2D eigenvalue weighted by Crippen LogP contribution is -2.48. The summed E-state index contributed by atoms with van der Waals surface area (Å²) in [6.45, 7) is 4.10. The Morgan fingerprint density at radius 3 is 2.03 bits per heavy atom. The summed E-state index contributed by atoms with van der Waals surface area (Å²) in [7, 11) is 1.68. The fourth-order valence-electron chi connectivity index (χ4n) is 3.73. The van der Waals surface area contributed by atoms with Gasteiger partial charge in [0.15, 0.2) is 5.78 Å². The Morgan fingerprint density at radius 2 is 1.41 bits per heavy atom. The molecule has 0 saturated carbocycles. The average Bonchev–Trinajstić information content (AvgIpc) is 2.80. The molecule has 1 saturated heterocycles. The lowest BCUT2D eigenvalue weighted by atomic mass is 10.0. The van der Waals surface area contributed by atoms with Crippen LogP contribution in [0, 0.1) is 0 Å². The van der Waals surface area contributed by atoms with E-state index in [2.05, 4.69) is 34.1 Å². The molecule has 0 radical (unpaired) electrons. The van der Waals surface area contributed by atoms with Crippen LogP contribution in [0.15, 0.2) is 78.9 Å². The lowest BCUT2D eigenvalue weighted by Gasteiger charge is -2.35. The van der Waals surface area contributed by atoms with Gasteiger partial charge in [0.25, 0.3) is 0 Å². The number of piperazine rings is 1. The van der Waals surface area contributed by atoms with Crippen molar-refractivity contribution >= 4 is 11.5 Å². The van der Waals surface area contributed by atoms with Crippen molar-refractivity contribution in [2.45, 2.75) is 0 Å². The molecule has 1 aliphatic heterocycles. The zero-order valence-corrected chi connectivity index (χ0v) is 16.8. The minimum atomic E-state index is 0.183. The van der Waals surface area contributed by atoms with E-state index in [9.17, 15) is 4.79 Å². The van der Waals surface area contributed by atoms with Gasteiger partial charge in [0.2, 0.25) is 0 Å². The molecule has 4 heteroatoms. The van der Waals surface area contributed by atoms with Gasteiger partial charge in [-0.2, -0.15) is 0 Å². The van der Waals surface area contributed by atoms with Crippen molar-refractivity contribution in [1.82, 2.24) is 4.90 Å². The fraction of sp³-hybridized carbons (Fsp3) is 0.240. The van der Waals surface area contributed by atoms with Gasteiger partial charge in [0, 0.05) is 37.4 Å². The highest BCUT2D eigenvalue weighted by Gasteiger charge is 2.20. The molecule has 29 heavy (non-hydrogen) atoms. The Labute approximate surface area is 172 Å². The largest absolute Gasteiger partial charge is 0.497 e. The molecule has 1 heterocycles. The number of rotatable bonds is 6. The van der Waals surface area contributed by atoms with E-state index in [0.29, 0.717) is 6.54 Å². The lowest BCUT2D eigenvalue weighted by molar-refractivity contribution is 0.0926. The second-order valence-electron chi connectivity index (χ2n) is 7.33. The van der Waals surface area contributed by atoms with E-state index in [1.54, 1.807) is 7.11 Å². The molecule has 4 nitrogen and oxygen atoms in total. The van der Waals surface area contributed by atoms with E-state index in [4.69, 9.17) is 4.74 Å². The van der Waals surface area contributed by atoms with Gasteiger partial charge in [-0.05, 0) is 35.4 Å². The van der Waals surface area contributed by atoms with E-state index in [0.717, 1.165) is 43.1 Å². The maximum Gasteiger partial charge on any atom is 0.176 e. The topological polar surface area (TPSA) is 32.8 Å². The van der Waals surface area contributed by atoms with Gasteiger partial charge in [-0.25, -0.2) is 0 Å². The summed E-state index contributed by atoms with van der Waals surface area (Å²) < 4.78 is 5.23. The summed E-state index contributed by atoms with van der Waals surface area (Å²) in [5, 5.41) is 0. The van der Waals surface area contributed by atoms with Crippen molar-refractivity contribution in [2.75, 3.05) is 44.7 Å². The van der Waals surface area contributed by atoms with Crippen LogP contribution < -0.4 is 9.64 Å². The number of hydrogen-bond donors (Lipinski definition) is 0. The van der Waals surface area contributed by atoms with Crippen molar-refractivity contribution < 1.29 is 9.53 Å². The van der Waals surface area contributed by atoms with Gasteiger partial charge in [0.05, 0.1) is 13.7 Å². The first-order valence-electron chi connectivity index (χ1n) is 10.0. The van der Waals surface area contributed by atoms with E-state index in [-0.39, 0.29) is 5.78 Å². The van der Waals surface area contributed by atoms with Crippen molar-refractivity contribution in [1.29, 1.82) is 0 Å². The van der Waals surface area contributed by atoms with E-state index in [1.807, 2.05) is 54.6 Å². The molecule has 3 aromatic carbocycles. The Balaban J connectivity index is 1.31. The minimum absolute atomic E-state index is 0.183. The van der Waals surface area contributed by atoms with Gasteiger partial charge < -0.3 is 9.64 Å². The molecule has 0 N–H and O–H groups in total. The number of Topliss-reactive ketones (excluding diaryl/α,β-unsaturated/α-hetero) is 1. The normalized spacial score (nSPS) is 14.6. The third kappa shape index (κ3) is 4.66. The van der Waals surface area contributed by atoms with Crippen LogP contribution >= 0.6 is 0 Å². The Hall–Kier alpha value is -3.11. The first-order valence-corrected chi connectivity index (χ1v) is 10.0. The van der Waals surface area contributed by atoms with Gasteiger partial charge in [-0.15, -0.1) is 0 Å². The Kier molecular flexibility index (Phi) is 5.92. The number of anilines is 1. The number of nitrogens with zero attached hydrogens (tertiary/aromatic N) is 2. The predicted octanol–water partition coefficient (Wildman–Crippen LogP) is 4.37. The SMILES string of the molecule is COc1ccc(N2CCN(CC(=O)c3ccc(-c4ccccc4)cc3)CC2)cc1. The van der Waals surface area contributed by atoms with Crippen LogP contribution in [0.1, 0.15) is 10.4 Å². The average molecular weight is 386 g/mol. The molecule has 4 rings (SSSR count). The van der Waals surface area contributed by atoms with Crippen LogP contribution in [0.2, 0.25) is 0 Å². The number of hydrogen-bond acceptors (Lipinski definition) is 4.